The van der Waals surface area contributed by atoms with Gasteiger partial charge < -0.3 is 16.0 Å². The van der Waals surface area contributed by atoms with Crippen molar-refractivity contribution in [1.82, 2.24) is 9.97 Å². The highest BCUT2D eigenvalue weighted by molar-refractivity contribution is 5.88. The van der Waals surface area contributed by atoms with Crippen molar-refractivity contribution in [3.8, 4) is 6.07 Å². The number of hydrogen-bond acceptors (Lipinski definition) is 6. The second-order valence-electron chi connectivity index (χ2n) is 4.87. The Bertz CT molecular complexity index is 720. The van der Waals surface area contributed by atoms with E-state index in [-0.39, 0.29) is 5.91 Å². The van der Waals surface area contributed by atoms with Gasteiger partial charge in [-0.2, -0.15) is 10.2 Å². The van der Waals surface area contributed by atoms with Gasteiger partial charge in [0, 0.05) is 26.2 Å². The first-order chi connectivity index (χ1) is 11.1. The molecule has 23 heavy (non-hydrogen) atoms. The van der Waals surface area contributed by atoms with Crippen molar-refractivity contribution < 1.29 is 4.79 Å². The van der Waals surface area contributed by atoms with Crippen LogP contribution in [0.1, 0.15) is 18.1 Å². The first-order valence-corrected chi connectivity index (χ1v) is 7.17. The van der Waals surface area contributed by atoms with Gasteiger partial charge in [-0.15, -0.1) is 0 Å². The molecule has 0 saturated heterocycles. The van der Waals surface area contributed by atoms with Crippen molar-refractivity contribution in [2.45, 2.75) is 13.3 Å². The summed E-state index contributed by atoms with van der Waals surface area (Å²) in [4.78, 5) is 19.3. The number of nitriles is 1. The predicted octanol–water partition coefficient (Wildman–Crippen LogP) is 2.00. The van der Waals surface area contributed by atoms with Gasteiger partial charge in [-0.3, -0.25) is 4.79 Å². The molecular formula is C16H18N6O. The maximum absolute atomic E-state index is 11.0. The Morgan fingerprint density at radius 1 is 1.30 bits per heavy atom. The van der Waals surface area contributed by atoms with E-state index in [0.29, 0.717) is 23.9 Å². The van der Waals surface area contributed by atoms with Crippen LogP contribution in [0.4, 0.5) is 17.5 Å². The quantitative estimate of drug-likeness (QED) is 0.754. The Morgan fingerprint density at radius 2 is 2.04 bits per heavy atom. The van der Waals surface area contributed by atoms with Crippen LogP contribution in [-0.4, -0.2) is 29.5 Å². The number of benzene rings is 1. The van der Waals surface area contributed by atoms with E-state index in [1.165, 1.54) is 13.1 Å². The summed E-state index contributed by atoms with van der Waals surface area (Å²) in [5, 5.41) is 17.6. The molecule has 1 heterocycles. The van der Waals surface area contributed by atoms with E-state index in [1.54, 1.807) is 7.05 Å². The van der Waals surface area contributed by atoms with Crippen molar-refractivity contribution >= 4 is 23.4 Å². The molecule has 7 heteroatoms. The molecule has 0 aliphatic carbocycles. The van der Waals surface area contributed by atoms with Gasteiger partial charge in [0.25, 0.3) is 0 Å². The summed E-state index contributed by atoms with van der Waals surface area (Å²) in [7, 11) is 1.71. The molecule has 0 fully saturated rings. The fraction of sp³-hybridized carbons (Fsp3) is 0.250. The van der Waals surface area contributed by atoms with Crippen LogP contribution in [0.3, 0.4) is 0 Å². The molecule has 1 aromatic heterocycles. The van der Waals surface area contributed by atoms with Crippen LogP contribution in [-0.2, 0) is 11.2 Å². The SMILES string of the molecule is CNc1nc(NCCc2ccc(NC(C)=O)cc2)ncc1C#N. The van der Waals surface area contributed by atoms with Crippen LogP contribution >= 0.6 is 0 Å². The number of nitrogens with zero attached hydrogens (tertiary/aromatic N) is 3. The number of carbonyl (C=O) groups excluding carboxylic acids is 1. The van der Waals surface area contributed by atoms with Crippen molar-refractivity contribution in [1.29, 1.82) is 5.26 Å². The summed E-state index contributed by atoms with van der Waals surface area (Å²) in [6, 6.07) is 9.70. The molecule has 0 spiro atoms. The minimum Gasteiger partial charge on any atom is -0.372 e. The highest BCUT2D eigenvalue weighted by Gasteiger charge is 2.05. The molecule has 0 aliphatic rings. The van der Waals surface area contributed by atoms with E-state index in [1.807, 2.05) is 30.3 Å². The van der Waals surface area contributed by atoms with Gasteiger partial charge in [0.15, 0.2) is 0 Å². The molecule has 0 unspecified atom stereocenters. The lowest BCUT2D eigenvalue weighted by Gasteiger charge is -2.08. The summed E-state index contributed by atoms with van der Waals surface area (Å²) in [5.74, 6) is 0.894. The average molecular weight is 310 g/mol. The number of hydrogen-bond donors (Lipinski definition) is 3. The van der Waals surface area contributed by atoms with Crippen LogP contribution in [0.25, 0.3) is 0 Å². The van der Waals surface area contributed by atoms with Crippen LogP contribution in [0, 0.1) is 11.3 Å². The first-order valence-electron chi connectivity index (χ1n) is 7.17. The monoisotopic (exact) mass is 310 g/mol. The van der Waals surface area contributed by atoms with Gasteiger partial charge in [-0.1, -0.05) is 12.1 Å². The number of rotatable bonds is 6. The Morgan fingerprint density at radius 3 is 2.65 bits per heavy atom. The molecule has 1 amide bonds. The number of aromatic nitrogens is 2. The van der Waals surface area contributed by atoms with Gasteiger partial charge in [-0.25, -0.2) is 4.98 Å². The molecular weight excluding hydrogens is 292 g/mol. The van der Waals surface area contributed by atoms with Crippen LogP contribution in [0.15, 0.2) is 30.5 Å². The largest absolute Gasteiger partial charge is 0.372 e. The zero-order valence-corrected chi connectivity index (χ0v) is 13.1. The number of anilines is 3. The van der Waals surface area contributed by atoms with Crippen LogP contribution in [0.5, 0.6) is 0 Å². The molecule has 0 atom stereocenters. The summed E-state index contributed by atoms with van der Waals surface area (Å²) >= 11 is 0. The van der Waals surface area contributed by atoms with Gasteiger partial charge in [0.2, 0.25) is 11.9 Å². The van der Waals surface area contributed by atoms with E-state index in [4.69, 9.17) is 5.26 Å². The molecule has 0 aliphatic heterocycles. The predicted molar refractivity (Wildman–Crippen MR) is 89.2 cm³/mol. The normalized spacial score (nSPS) is 9.78. The van der Waals surface area contributed by atoms with E-state index >= 15 is 0 Å². The van der Waals surface area contributed by atoms with E-state index in [2.05, 4.69) is 25.9 Å². The molecule has 7 nitrogen and oxygen atoms in total. The standard InChI is InChI=1S/C16H18N6O/c1-11(23)21-14-5-3-12(4-6-14)7-8-19-16-20-10-13(9-17)15(18-2)22-16/h3-6,10H,7-8H2,1-2H3,(H,21,23)(H2,18,19,20,22). The summed E-state index contributed by atoms with van der Waals surface area (Å²) in [6.45, 7) is 2.14. The number of nitrogens with one attached hydrogen (secondary N) is 3. The average Bonchev–Trinajstić information content (AvgIpc) is 2.55. The van der Waals surface area contributed by atoms with E-state index in [9.17, 15) is 4.79 Å². The smallest absolute Gasteiger partial charge is 0.224 e. The van der Waals surface area contributed by atoms with Crippen molar-refractivity contribution in [3.63, 3.8) is 0 Å². The van der Waals surface area contributed by atoms with Gasteiger partial charge in [-0.05, 0) is 24.1 Å². The zero-order chi connectivity index (χ0) is 16.7. The molecule has 118 valence electrons. The minimum atomic E-state index is -0.0854. The molecule has 0 saturated carbocycles. The molecule has 2 aromatic rings. The number of carbonyl (C=O) groups is 1. The lowest BCUT2D eigenvalue weighted by Crippen LogP contribution is -2.10. The van der Waals surface area contributed by atoms with Crippen LogP contribution in [0.2, 0.25) is 0 Å². The summed E-state index contributed by atoms with van der Waals surface area (Å²) < 4.78 is 0. The second kappa shape index (κ2) is 7.75. The lowest BCUT2D eigenvalue weighted by molar-refractivity contribution is -0.114. The molecule has 1 aromatic carbocycles. The van der Waals surface area contributed by atoms with Gasteiger partial charge in [0.1, 0.15) is 17.5 Å². The van der Waals surface area contributed by atoms with E-state index < -0.39 is 0 Å². The zero-order valence-electron chi connectivity index (χ0n) is 13.1. The van der Waals surface area contributed by atoms with Crippen molar-refractivity contribution in [2.24, 2.45) is 0 Å². The molecule has 2 rings (SSSR count). The number of amides is 1. The Labute approximate surface area is 134 Å². The Hall–Kier alpha value is -3.14. The summed E-state index contributed by atoms with van der Waals surface area (Å²) in [6.07, 6.45) is 2.28. The third-order valence-corrected chi connectivity index (χ3v) is 3.12. The molecule has 0 bridgehead atoms. The van der Waals surface area contributed by atoms with Crippen molar-refractivity contribution in [2.75, 3.05) is 29.5 Å². The second-order valence-corrected chi connectivity index (χ2v) is 4.87. The van der Waals surface area contributed by atoms with Gasteiger partial charge >= 0.3 is 0 Å². The topological polar surface area (TPSA) is 103 Å². The maximum Gasteiger partial charge on any atom is 0.224 e. The fourth-order valence-electron chi connectivity index (χ4n) is 2.02. The highest BCUT2D eigenvalue weighted by Crippen LogP contribution is 2.13. The van der Waals surface area contributed by atoms with Gasteiger partial charge in [0.05, 0.1) is 6.20 Å². The first kappa shape index (κ1) is 16.2. The highest BCUT2D eigenvalue weighted by atomic mass is 16.1. The third-order valence-electron chi connectivity index (χ3n) is 3.12. The lowest BCUT2D eigenvalue weighted by atomic mass is 10.1. The minimum absolute atomic E-state index is 0.0854. The maximum atomic E-state index is 11.0. The molecule has 3 N–H and O–H groups in total. The Balaban J connectivity index is 1.90. The fourth-order valence-corrected chi connectivity index (χ4v) is 2.02. The summed E-state index contributed by atoms with van der Waals surface area (Å²) in [5.41, 5.74) is 2.32. The third kappa shape index (κ3) is 4.68. The van der Waals surface area contributed by atoms with Crippen LogP contribution < -0.4 is 16.0 Å². The Kier molecular flexibility index (Phi) is 5.47. The van der Waals surface area contributed by atoms with E-state index in [0.717, 1.165) is 17.7 Å². The molecule has 0 radical (unpaired) electrons. The van der Waals surface area contributed by atoms with Crippen molar-refractivity contribution in [3.05, 3.63) is 41.6 Å².